The van der Waals surface area contributed by atoms with Crippen LogP contribution < -0.4 is 5.32 Å². The summed E-state index contributed by atoms with van der Waals surface area (Å²) in [6.07, 6.45) is 2.52. The second-order valence-electron chi connectivity index (χ2n) is 7.58. The first-order valence-electron chi connectivity index (χ1n) is 9.24. The predicted molar refractivity (Wildman–Crippen MR) is 93.9 cm³/mol. The molecule has 0 aromatic heterocycles. The molecule has 1 amide bonds. The summed E-state index contributed by atoms with van der Waals surface area (Å²) in [6.45, 7) is 12.7. The molecule has 2 fully saturated rings. The van der Waals surface area contributed by atoms with Gasteiger partial charge in [0.15, 0.2) is 5.78 Å². The first-order valence-corrected chi connectivity index (χ1v) is 9.24. The fraction of sp³-hybridized carbons (Fsp3) is 0.889. The molecule has 2 aliphatic rings. The van der Waals surface area contributed by atoms with Gasteiger partial charge in [0.2, 0.25) is 5.91 Å². The van der Waals surface area contributed by atoms with Crippen LogP contribution in [0.25, 0.3) is 0 Å². The molecule has 2 atom stereocenters. The summed E-state index contributed by atoms with van der Waals surface area (Å²) in [5.41, 5.74) is 0. The van der Waals surface area contributed by atoms with Crippen molar-refractivity contribution >= 4 is 11.7 Å². The van der Waals surface area contributed by atoms with Crippen molar-refractivity contribution in [2.24, 2.45) is 5.92 Å². The van der Waals surface area contributed by atoms with E-state index in [1.165, 1.54) is 0 Å². The van der Waals surface area contributed by atoms with E-state index in [1.807, 2.05) is 13.8 Å². The van der Waals surface area contributed by atoms with Gasteiger partial charge in [-0.1, -0.05) is 13.8 Å². The summed E-state index contributed by atoms with van der Waals surface area (Å²) in [6, 6.07) is 0.237. The van der Waals surface area contributed by atoms with Crippen LogP contribution >= 0.6 is 0 Å². The number of amides is 1. The van der Waals surface area contributed by atoms with Gasteiger partial charge in [-0.3, -0.25) is 19.4 Å². The first kappa shape index (κ1) is 19.3. The van der Waals surface area contributed by atoms with E-state index >= 15 is 0 Å². The summed E-state index contributed by atoms with van der Waals surface area (Å²) in [7, 11) is 0. The molecular weight excluding hydrogens is 306 g/mol. The molecule has 0 radical (unpaired) electrons. The third kappa shape index (κ3) is 5.53. The van der Waals surface area contributed by atoms with E-state index in [1.54, 1.807) is 6.92 Å². The number of Topliss-reactive ketones (excluding diaryl/α,β-unsaturated/α-hetero) is 1. The summed E-state index contributed by atoms with van der Waals surface area (Å²) >= 11 is 0. The molecule has 0 aromatic rings. The number of piperidine rings is 1. The Bertz CT molecular complexity index is 433. The third-order valence-electron chi connectivity index (χ3n) is 5.13. The van der Waals surface area contributed by atoms with Crippen LogP contribution in [-0.2, 0) is 14.3 Å². The fourth-order valence-corrected chi connectivity index (χ4v) is 3.78. The van der Waals surface area contributed by atoms with E-state index < -0.39 is 0 Å². The molecular formula is C18H33N3O3. The van der Waals surface area contributed by atoms with Crippen molar-refractivity contribution in [3.05, 3.63) is 0 Å². The van der Waals surface area contributed by atoms with Gasteiger partial charge in [-0.15, -0.1) is 0 Å². The van der Waals surface area contributed by atoms with E-state index in [0.717, 1.165) is 45.6 Å². The molecule has 6 nitrogen and oxygen atoms in total. The Morgan fingerprint density at radius 1 is 1.21 bits per heavy atom. The number of morpholine rings is 1. The molecule has 0 bridgehead atoms. The molecule has 24 heavy (non-hydrogen) atoms. The number of nitrogens with one attached hydrogen (secondary N) is 1. The molecule has 0 saturated carbocycles. The minimum atomic E-state index is -0.370. The number of nitrogens with zero attached hydrogens (tertiary/aromatic N) is 2. The molecule has 0 aromatic carbocycles. The van der Waals surface area contributed by atoms with E-state index in [9.17, 15) is 9.59 Å². The van der Waals surface area contributed by atoms with E-state index in [0.29, 0.717) is 18.7 Å². The van der Waals surface area contributed by atoms with E-state index in [4.69, 9.17) is 4.74 Å². The lowest BCUT2D eigenvalue weighted by molar-refractivity contribution is -0.128. The molecule has 2 heterocycles. The van der Waals surface area contributed by atoms with Gasteiger partial charge in [0.05, 0.1) is 25.3 Å². The monoisotopic (exact) mass is 339 g/mol. The maximum atomic E-state index is 12.2. The number of carbonyl (C=O) groups is 2. The number of ether oxygens (including phenoxy) is 1. The zero-order valence-electron chi connectivity index (χ0n) is 15.6. The second-order valence-corrected chi connectivity index (χ2v) is 7.58. The van der Waals surface area contributed by atoms with Gasteiger partial charge in [-0.25, -0.2) is 0 Å². The lowest BCUT2D eigenvalue weighted by Crippen LogP contribution is -2.53. The Kier molecular flexibility index (Phi) is 7.19. The zero-order valence-corrected chi connectivity index (χ0v) is 15.6. The summed E-state index contributed by atoms with van der Waals surface area (Å²) in [5.74, 6) is 0.112. The smallest absolute Gasteiger partial charge is 0.234 e. The average molecular weight is 339 g/mol. The largest absolute Gasteiger partial charge is 0.376 e. The minimum absolute atomic E-state index is 0.0264. The van der Waals surface area contributed by atoms with Gasteiger partial charge >= 0.3 is 0 Å². The van der Waals surface area contributed by atoms with Gasteiger partial charge in [0.1, 0.15) is 0 Å². The Labute approximate surface area is 145 Å². The van der Waals surface area contributed by atoms with Gasteiger partial charge in [-0.2, -0.15) is 0 Å². The molecule has 0 spiro atoms. The van der Waals surface area contributed by atoms with Crippen molar-refractivity contribution in [1.29, 1.82) is 0 Å². The highest BCUT2D eigenvalue weighted by molar-refractivity contribution is 5.88. The number of hydrogen-bond donors (Lipinski definition) is 1. The van der Waals surface area contributed by atoms with Crippen molar-refractivity contribution in [3.8, 4) is 0 Å². The summed E-state index contributed by atoms with van der Waals surface area (Å²) < 4.78 is 5.62. The Balaban J connectivity index is 1.74. The normalized spacial score (nSPS) is 25.6. The van der Waals surface area contributed by atoms with Gasteiger partial charge in [0, 0.05) is 32.2 Å². The summed E-state index contributed by atoms with van der Waals surface area (Å²) in [4.78, 5) is 28.6. The standard InChI is InChI=1S/C18H33N3O3/c1-13(2)18(15(4)22)19-17(23)12-20-7-5-16(6-8-20)21-9-10-24-14(3)11-21/h13-14,16,18H,5-12H2,1-4H3,(H,19,23)/t14-,18+/m0/s1. The summed E-state index contributed by atoms with van der Waals surface area (Å²) in [5, 5.41) is 2.89. The third-order valence-corrected chi connectivity index (χ3v) is 5.13. The van der Waals surface area contributed by atoms with Crippen molar-refractivity contribution < 1.29 is 14.3 Å². The molecule has 2 rings (SSSR count). The maximum Gasteiger partial charge on any atom is 0.234 e. The topological polar surface area (TPSA) is 61.9 Å². The van der Waals surface area contributed by atoms with Crippen molar-refractivity contribution in [3.63, 3.8) is 0 Å². The van der Waals surface area contributed by atoms with Crippen LogP contribution in [0.5, 0.6) is 0 Å². The van der Waals surface area contributed by atoms with Gasteiger partial charge < -0.3 is 10.1 Å². The predicted octanol–water partition coefficient (Wildman–Crippen LogP) is 0.901. The van der Waals surface area contributed by atoms with Gasteiger partial charge in [0.25, 0.3) is 0 Å². The Morgan fingerprint density at radius 2 is 1.88 bits per heavy atom. The average Bonchev–Trinajstić information content (AvgIpc) is 2.52. The molecule has 2 saturated heterocycles. The molecule has 138 valence electrons. The van der Waals surface area contributed by atoms with Crippen LogP contribution in [0.2, 0.25) is 0 Å². The number of ketones is 1. The van der Waals surface area contributed by atoms with Crippen molar-refractivity contribution in [2.75, 3.05) is 39.3 Å². The van der Waals surface area contributed by atoms with Crippen LogP contribution in [-0.4, -0.2) is 79.0 Å². The van der Waals surface area contributed by atoms with Crippen molar-refractivity contribution in [1.82, 2.24) is 15.1 Å². The Morgan fingerprint density at radius 3 is 2.42 bits per heavy atom. The number of rotatable bonds is 6. The number of likely N-dealkylation sites (tertiary alicyclic amines) is 1. The molecule has 1 N–H and O–H groups in total. The highest BCUT2D eigenvalue weighted by Crippen LogP contribution is 2.19. The molecule has 6 heteroatoms. The highest BCUT2D eigenvalue weighted by atomic mass is 16.5. The molecule has 2 aliphatic heterocycles. The number of carbonyl (C=O) groups excluding carboxylic acids is 2. The van der Waals surface area contributed by atoms with E-state index in [-0.39, 0.29) is 23.7 Å². The lowest BCUT2D eigenvalue weighted by atomic mass is 10.0. The number of hydrogen-bond acceptors (Lipinski definition) is 5. The van der Waals surface area contributed by atoms with Crippen LogP contribution in [0.3, 0.4) is 0 Å². The van der Waals surface area contributed by atoms with Crippen LogP contribution in [0, 0.1) is 5.92 Å². The second kappa shape index (κ2) is 8.92. The molecule has 0 aliphatic carbocycles. The van der Waals surface area contributed by atoms with E-state index in [2.05, 4.69) is 22.0 Å². The van der Waals surface area contributed by atoms with Crippen molar-refractivity contribution in [2.45, 2.75) is 58.7 Å². The maximum absolute atomic E-state index is 12.2. The minimum Gasteiger partial charge on any atom is -0.376 e. The van der Waals surface area contributed by atoms with Crippen LogP contribution in [0.1, 0.15) is 40.5 Å². The first-order chi connectivity index (χ1) is 11.4. The quantitative estimate of drug-likeness (QED) is 0.779. The zero-order chi connectivity index (χ0) is 17.7. The fourth-order valence-electron chi connectivity index (χ4n) is 3.78. The molecule has 0 unspecified atom stereocenters. The highest BCUT2D eigenvalue weighted by Gasteiger charge is 2.29. The van der Waals surface area contributed by atoms with Crippen LogP contribution in [0.15, 0.2) is 0 Å². The Hall–Kier alpha value is -0.980. The van der Waals surface area contributed by atoms with Crippen LogP contribution in [0.4, 0.5) is 0 Å². The van der Waals surface area contributed by atoms with Gasteiger partial charge in [-0.05, 0) is 32.6 Å². The lowest BCUT2D eigenvalue weighted by Gasteiger charge is -2.41. The SMILES string of the molecule is CC(=O)[C@H](NC(=O)CN1CCC(N2CCO[C@@H](C)C2)CC1)C(C)C.